The summed E-state index contributed by atoms with van der Waals surface area (Å²) in [5, 5.41) is 8.78. The lowest BCUT2D eigenvalue weighted by molar-refractivity contribution is -0.0366. The number of pyridine rings is 1. The Morgan fingerprint density at radius 2 is 1.64 bits per heavy atom. The van der Waals surface area contributed by atoms with Gasteiger partial charge in [0.15, 0.2) is 6.23 Å². The Hall–Kier alpha value is -5.80. The third-order valence-corrected chi connectivity index (χ3v) is 23.9. The molecule has 4 aliphatic rings. The normalized spacial score (nSPS) is 21.6. The molecule has 4 fully saturated rings. The molecule has 7 aromatic rings. The predicted molar refractivity (Wildman–Crippen MR) is 296 cm³/mol. The topological polar surface area (TPSA) is 117 Å². The number of hydrogen-bond donors (Lipinski definition) is 0. The van der Waals surface area contributed by atoms with Gasteiger partial charge in [-0.2, -0.15) is 15.1 Å². The molecule has 7 heterocycles. The molecule has 76 heavy (non-hydrogen) atoms. The Morgan fingerprint density at radius 1 is 0.921 bits per heavy atom. The summed E-state index contributed by atoms with van der Waals surface area (Å²) in [7, 11) is -2.34. The van der Waals surface area contributed by atoms with Gasteiger partial charge in [0, 0.05) is 54.0 Å². The maximum absolute atomic E-state index is 17.0. The average Bonchev–Trinajstić information content (AvgIpc) is 3.79. The van der Waals surface area contributed by atoms with Crippen LogP contribution < -0.4 is 9.64 Å². The van der Waals surface area contributed by atoms with Crippen molar-refractivity contribution in [2.75, 3.05) is 37.8 Å². The first-order chi connectivity index (χ1) is 36.3. The molecule has 0 spiro atoms. The van der Waals surface area contributed by atoms with Crippen molar-refractivity contribution in [3.8, 4) is 28.7 Å². The number of rotatable bonds is 13. The molecule has 3 aromatic carbocycles. The summed E-state index contributed by atoms with van der Waals surface area (Å²) >= 11 is 1.40. The number of hydrogen-bond acceptors (Lipinski definition) is 11. The van der Waals surface area contributed by atoms with Gasteiger partial charge in [-0.3, -0.25) is 9.88 Å². The fraction of sp³-hybridized carbons (Fsp3) is 0.508. The van der Waals surface area contributed by atoms with E-state index in [0.29, 0.717) is 69.2 Å². The highest BCUT2D eigenvalue weighted by Gasteiger charge is 2.72. The van der Waals surface area contributed by atoms with Crippen molar-refractivity contribution in [2.24, 2.45) is 5.41 Å². The first-order valence-corrected chi connectivity index (χ1v) is 30.1. The average molecular weight is 1070 g/mol. The van der Waals surface area contributed by atoms with Gasteiger partial charge in [-0.15, -0.1) is 16.9 Å². The fourth-order valence-electron chi connectivity index (χ4n) is 12.7. The molecule has 0 N–H and O–H groups in total. The lowest BCUT2D eigenvalue weighted by Crippen LogP contribution is -2.57. The number of ether oxygens (including phenoxy) is 4. The van der Waals surface area contributed by atoms with Crippen molar-refractivity contribution in [3.05, 3.63) is 83.9 Å². The lowest BCUT2D eigenvalue weighted by atomic mass is 9.93. The molecule has 4 aromatic heterocycles. The zero-order chi connectivity index (χ0) is 53.5. The molecule has 11 rings (SSSR count). The third kappa shape index (κ3) is 9.28. The number of amides is 1. The van der Waals surface area contributed by atoms with Crippen LogP contribution in [0.15, 0.2) is 67.0 Å². The van der Waals surface area contributed by atoms with E-state index in [2.05, 4.69) is 64.0 Å². The van der Waals surface area contributed by atoms with Crippen molar-refractivity contribution in [3.63, 3.8) is 0 Å². The number of nitrogens with zero attached hydrogens (tertiary/aromatic N) is 7. The van der Waals surface area contributed by atoms with E-state index < -0.39 is 30.8 Å². The summed E-state index contributed by atoms with van der Waals surface area (Å²) in [5.41, 5.74) is 5.92. The summed E-state index contributed by atoms with van der Waals surface area (Å²) in [5.74, 6) is 0.689. The molecule has 1 aliphatic carbocycles. The highest BCUT2D eigenvalue weighted by atomic mass is 32.1. The number of anilines is 1. The second kappa shape index (κ2) is 19.9. The van der Waals surface area contributed by atoms with E-state index in [9.17, 15) is 4.79 Å². The summed E-state index contributed by atoms with van der Waals surface area (Å²) < 4.78 is 75.1. The van der Waals surface area contributed by atoms with Crippen LogP contribution in [0.5, 0.6) is 6.01 Å². The SMILES string of the molecule is CC(C)[Si](C#Cc1c(F)ccc2cc3c(cnn3C3CCCCO3)c(-c3nccc4c3sc3nc(OC[C@]5(COCc6ccccc6)CC5(F)F)nc(N5C[C@H]6CC[C@@H](C5)N6C(=O)OC(C)(C)C)c34)c12)(C(C)C)C(C)C. The number of benzene rings is 3. The third-order valence-electron chi connectivity index (χ3n) is 16.5. The summed E-state index contributed by atoms with van der Waals surface area (Å²) in [6.07, 6.45) is 6.97. The Labute approximate surface area is 447 Å². The minimum atomic E-state index is -3.00. The molecule has 1 saturated carbocycles. The van der Waals surface area contributed by atoms with Gasteiger partial charge in [0.05, 0.1) is 63.8 Å². The summed E-state index contributed by atoms with van der Waals surface area (Å²) in [6, 6.07) is 16.5. The van der Waals surface area contributed by atoms with Gasteiger partial charge in [0.2, 0.25) is 0 Å². The smallest absolute Gasteiger partial charge is 0.410 e. The van der Waals surface area contributed by atoms with Crippen LogP contribution in [0.25, 0.3) is 53.2 Å². The molecule has 17 heteroatoms. The number of alkyl halides is 2. The first-order valence-electron chi connectivity index (χ1n) is 27.0. The zero-order valence-corrected chi connectivity index (χ0v) is 46.8. The largest absolute Gasteiger partial charge is 0.462 e. The van der Waals surface area contributed by atoms with E-state index in [0.717, 1.165) is 69.4 Å². The minimum absolute atomic E-state index is 0.0373. The standard InChI is InChI=1S/C59H68F3N7O5SSi/c1-35(2)76(36(3)4,37(5)6)26-23-42-45(60)21-18-39-27-46-44(28-64-69(46)47-17-13-14-25-72-47)49(48(39)42)51-52-43(22-24-63-51)50-53(67-29-40-19-20-41(30-67)68(40)56(70)74-57(7,8)9)65-55(66-54(50)75-52)73-34-58(32-59(58,61)62)33-71-31-38-15-11-10-12-16-38/h10-12,15-16,18,21-22,24,27-28,35-37,40-41,47H,13-14,17,19-20,25,29-34H2,1-9H3/t40-,41+,47?,58-/m1/s1. The predicted octanol–water partition coefficient (Wildman–Crippen LogP) is 14.0. The Morgan fingerprint density at radius 3 is 2.30 bits per heavy atom. The Balaban J connectivity index is 1.09. The van der Waals surface area contributed by atoms with Gasteiger partial charge in [0.25, 0.3) is 5.92 Å². The molecule has 2 bridgehead atoms. The van der Waals surface area contributed by atoms with Gasteiger partial charge in [-0.1, -0.05) is 83.9 Å². The molecule has 12 nitrogen and oxygen atoms in total. The second-order valence-electron chi connectivity index (χ2n) is 23.5. The van der Waals surface area contributed by atoms with Crippen molar-refractivity contribution in [1.29, 1.82) is 0 Å². The van der Waals surface area contributed by atoms with Crippen LogP contribution in [0.1, 0.15) is 118 Å². The summed E-state index contributed by atoms with van der Waals surface area (Å²) in [4.78, 5) is 33.7. The summed E-state index contributed by atoms with van der Waals surface area (Å²) in [6.45, 7) is 20.3. The molecule has 0 radical (unpaired) electrons. The van der Waals surface area contributed by atoms with E-state index in [1.807, 2.05) is 79.0 Å². The van der Waals surface area contributed by atoms with Crippen LogP contribution in [0.2, 0.25) is 16.6 Å². The van der Waals surface area contributed by atoms with Crippen molar-refractivity contribution in [1.82, 2.24) is 29.6 Å². The molecule has 3 saturated heterocycles. The van der Waals surface area contributed by atoms with Gasteiger partial charge in [-0.05, 0) is 98.6 Å². The molecular weight excluding hydrogens is 1000 g/mol. The van der Waals surface area contributed by atoms with Crippen LogP contribution in [0.4, 0.5) is 23.8 Å². The molecule has 3 aliphatic heterocycles. The monoisotopic (exact) mass is 1070 g/mol. The zero-order valence-electron chi connectivity index (χ0n) is 45.0. The van der Waals surface area contributed by atoms with E-state index >= 15 is 13.2 Å². The number of carbonyl (C=O) groups is 1. The van der Waals surface area contributed by atoms with Gasteiger partial charge in [-0.25, -0.2) is 22.6 Å². The Bertz CT molecular complexity index is 3380. The van der Waals surface area contributed by atoms with E-state index in [1.165, 1.54) is 17.4 Å². The van der Waals surface area contributed by atoms with E-state index in [-0.39, 0.29) is 56.7 Å². The number of carbonyl (C=O) groups excluding carboxylic acids is 1. The van der Waals surface area contributed by atoms with Crippen LogP contribution in [-0.4, -0.2) is 100 Å². The quantitative estimate of drug-likeness (QED) is 0.0816. The van der Waals surface area contributed by atoms with E-state index in [1.54, 1.807) is 6.20 Å². The second-order valence-corrected chi connectivity index (χ2v) is 30.1. The molecule has 1 unspecified atom stereocenters. The fourth-order valence-corrected chi connectivity index (χ4v) is 19.1. The van der Waals surface area contributed by atoms with Crippen molar-refractivity contribution in [2.45, 2.75) is 154 Å². The minimum Gasteiger partial charge on any atom is -0.462 e. The molecule has 400 valence electrons. The van der Waals surface area contributed by atoms with Crippen molar-refractivity contribution >= 4 is 73.3 Å². The first kappa shape index (κ1) is 52.3. The Kier molecular flexibility index (Phi) is 13.7. The highest BCUT2D eigenvalue weighted by Crippen LogP contribution is 2.61. The van der Waals surface area contributed by atoms with Crippen LogP contribution in [0.3, 0.4) is 0 Å². The molecule has 1 amide bonds. The number of thiophene rings is 1. The van der Waals surface area contributed by atoms with Crippen LogP contribution in [0, 0.1) is 22.7 Å². The maximum atomic E-state index is 17.0. The molecule has 4 atom stereocenters. The number of aromatic nitrogens is 5. The number of fused-ring (bicyclic) bond motifs is 7. The van der Waals surface area contributed by atoms with Crippen LogP contribution >= 0.6 is 11.3 Å². The van der Waals surface area contributed by atoms with Gasteiger partial charge < -0.3 is 23.8 Å². The van der Waals surface area contributed by atoms with E-state index in [4.69, 9.17) is 39.0 Å². The highest BCUT2D eigenvalue weighted by molar-refractivity contribution is 7.26. The van der Waals surface area contributed by atoms with Gasteiger partial charge >= 0.3 is 12.1 Å². The number of piperazine rings is 1. The van der Waals surface area contributed by atoms with Crippen LogP contribution in [-0.2, 0) is 20.8 Å². The van der Waals surface area contributed by atoms with Gasteiger partial charge in [0.1, 0.15) is 36.7 Å². The van der Waals surface area contributed by atoms with Crippen molar-refractivity contribution < 1.29 is 36.9 Å². The molecular formula is C59H68F3N7O5SSi. The maximum Gasteiger partial charge on any atom is 0.410 e. The lowest BCUT2D eigenvalue weighted by Gasteiger charge is -2.42. The number of halogens is 3.